The van der Waals surface area contributed by atoms with Crippen LogP contribution < -0.4 is 16.4 Å². The summed E-state index contributed by atoms with van der Waals surface area (Å²) in [6.07, 6.45) is 4.02. The predicted octanol–water partition coefficient (Wildman–Crippen LogP) is 3.64. The number of nitrogens with zero attached hydrogens (tertiary/aromatic N) is 4. The maximum atomic E-state index is 9.55. The largest absolute Gasteiger partial charge is 0.382 e. The second-order valence-corrected chi connectivity index (χ2v) is 9.61. The van der Waals surface area contributed by atoms with Crippen molar-refractivity contribution in [3.05, 3.63) is 41.1 Å². The van der Waals surface area contributed by atoms with Gasteiger partial charge in [0.15, 0.2) is 5.96 Å². The van der Waals surface area contributed by atoms with Gasteiger partial charge in [-0.1, -0.05) is 17.7 Å². The first-order chi connectivity index (χ1) is 14.5. The highest BCUT2D eigenvalue weighted by molar-refractivity contribution is 14.0. The maximum absolute atomic E-state index is 9.55. The Morgan fingerprint density at radius 3 is 2.71 bits per heavy atom. The molecule has 1 fully saturated rings. The zero-order chi connectivity index (χ0) is 21.6. The Labute approximate surface area is 206 Å². The SMILES string of the molecule is CN=C(NCCCc1nn(-c2ccc(C)cc2)c(N)c1C#N)NCC1(C)CCCS1.I. The van der Waals surface area contributed by atoms with Crippen molar-refractivity contribution in [3.8, 4) is 11.8 Å². The predicted molar refractivity (Wildman–Crippen MR) is 141 cm³/mol. The van der Waals surface area contributed by atoms with Crippen LogP contribution in [0.15, 0.2) is 29.3 Å². The molecule has 1 atom stereocenters. The van der Waals surface area contributed by atoms with Gasteiger partial charge in [-0.15, -0.1) is 24.0 Å². The standard InChI is InChI=1S/C22H31N7S.HI/c1-16-7-9-17(10-8-16)29-20(24)18(14-23)19(28-29)6-4-12-26-21(25-3)27-15-22(2)11-5-13-30-22;/h7-10H,4-6,11-13,15,24H2,1-3H3,(H2,25,26,27);1H. The summed E-state index contributed by atoms with van der Waals surface area (Å²) in [5.41, 5.74) is 9.42. The Bertz CT molecular complexity index is 925. The summed E-state index contributed by atoms with van der Waals surface area (Å²) in [6, 6.07) is 10.2. The lowest BCUT2D eigenvalue weighted by atomic mass is 10.1. The number of anilines is 1. The Balaban J connectivity index is 0.00000341. The minimum atomic E-state index is 0. The van der Waals surface area contributed by atoms with E-state index in [2.05, 4.69) is 33.7 Å². The molecule has 0 bridgehead atoms. The summed E-state index contributed by atoms with van der Waals surface area (Å²) in [4.78, 5) is 4.32. The first-order valence-electron chi connectivity index (χ1n) is 10.4. The van der Waals surface area contributed by atoms with Crippen LogP contribution in [0.1, 0.15) is 43.0 Å². The van der Waals surface area contributed by atoms with E-state index in [9.17, 15) is 5.26 Å². The molecule has 1 aliphatic rings. The van der Waals surface area contributed by atoms with E-state index < -0.39 is 0 Å². The summed E-state index contributed by atoms with van der Waals surface area (Å²) in [5.74, 6) is 2.45. The zero-order valence-electron chi connectivity index (χ0n) is 18.4. The van der Waals surface area contributed by atoms with Crippen LogP contribution in [0.25, 0.3) is 5.69 Å². The molecular formula is C22H32IN7S. The molecule has 1 saturated heterocycles. The smallest absolute Gasteiger partial charge is 0.191 e. The summed E-state index contributed by atoms with van der Waals surface area (Å²) < 4.78 is 1.95. The van der Waals surface area contributed by atoms with Crippen LogP contribution in [0.3, 0.4) is 0 Å². The molecular weight excluding hydrogens is 521 g/mol. The Morgan fingerprint density at radius 2 is 2.10 bits per heavy atom. The zero-order valence-corrected chi connectivity index (χ0v) is 21.6. The molecule has 2 heterocycles. The van der Waals surface area contributed by atoms with Gasteiger partial charge in [-0.25, -0.2) is 4.68 Å². The van der Waals surface area contributed by atoms with Crippen molar-refractivity contribution in [2.45, 2.75) is 44.3 Å². The van der Waals surface area contributed by atoms with Gasteiger partial charge in [0.25, 0.3) is 0 Å². The third kappa shape index (κ3) is 6.53. The van der Waals surface area contributed by atoms with Crippen LogP contribution in [-0.2, 0) is 6.42 Å². The number of halogens is 1. The average molecular weight is 554 g/mol. The molecule has 3 rings (SSSR count). The number of hydrogen-bond donors (Lipinski definition) is 3. The average Bonchev–Trinajstić information content (AvgIpc) is 3.31. The fourth-order valence-corrected chi connectivity index (χ4v) is 4.83. The number of nitriles is 1. The van der Waals surface area contributed by atoms with Crippen molar-refractivity contribution in [2.75, 3.05) is 31.6 Å². The fraction of sp³-hybridized carbons (Fsp3) is 0.500. The summed E-state index contributed by atoms with van der Waals surface area (Å²) in [7, 11) is 1.79. The number of guanidine groups is 1. The fourth-order valence-electron chi connectivity index (χ4n) is 3.59. The van der Waals surface area contributed by atoms with Gasteiger partial charge in [0.1, 0.15) is 17.5 Å². The number of aromatic nitrogens is 2. The lowest BCUT2D eigenvalue weighted by molar-refractivity contribution is 0.583. The summed E-state index contributed by atoms with van der Waals surface area (Å²) in [5, 5.41) is 21.0. The van der Waals surface area contributed by atoms with Crippen LogP contribution in [0, 0.1) is 18.3 Å². The lowest BCUT2D eigenvalue weighted by Gasteiger charge is -2.24. The van der Waals surface area contributed by atoms with Gasteiger partial charge < -0.3 is 16.4 Å². The van der Waals surface area contributed by atoms with Crippen molar-refractivity contribution < 1.29 is 0 Å². The first-order valence-corrected chi connectivity index (χ1v) is 11.4. The van der Waals surface area contributed by atoms with E-state index in [-0.39, 0.29) is 24.0 Å². The van der Waals surface area contributed by atoms with Crippen molar-refractivity contribution in [3.63, 3.8) is 0 Å². The van der Waals surface area contributed by atoms with Gasteiger partial charge >= 0.3 is 0 Å². The minimum absolute atomic E-state index is 0. The molecule has 0 saturated carbocycles. The number of benzene rings is 1. The van der Waals surface area contributed by atoms with Gasteiger partial charge in [-0.2, -0.15) is 22.1 Å². The third-order valence-corrected chi connectivity index (χ3v) is 6.96. The van der Waals surface area contributed by atoms with Crippen molar-refractivity contribution >= 4 is 47.5 Å². The van der Waals surface area contributed by atoms with E-state index >= 15 is 0 Å². The molecule has 0 amide bonds. The number of aryl methyl sites for hydroxylation is 2. The molecule has 1 aliphatic heterocycles. The lowest BCUT2D eigenvalue weighted by Crippen LogP contribution is -2.43. The van der Waals surface area contributed by atoms with Crippen molar-refractivity contribution in [2.24, 2.45) is 4.99 Å². The maximum Gasteiger partial charge on any atom is 0.191 e. The second kappa shape index (κ2) is 11.6. The topological polar surface area (TPSA) is 104 Å². The molecule has 1 aromatic carbocycles. The van der Waals surface area contributed by atoms with E-state index in [1.165, 1.54) is 24.2 Å². The minimum Gasteiger partial charge on any atom is -0.382 e. The van der Waals surface area contributed by atoms with E-state index in [0.29, 0.717) is 22.5 Å². The molecule has 0 radical (unpaired) electrons. The Hall–Kier alpha value is -1.93. The van der Waals surface area contributed by atoms with E-state index in [4.69, 9.17) is 5.73 Å². The normalized spacial score (nSPS) is 18.3. The van der Waals surface area contributed by atoms with Crippen LogP contribution in [0.4, 0.5) is 5.82 Å². The van der Waals surface area contributed by atoms with Gasteiger partial charge in [0, 0.05) is 24.9 Å². The second-order valence-electron chi connectivity index (χ2n) is 7.92. The van der Waals surface area contributed by atoms with Crippen molar-refractivity contribution in [1.29, 1.82) is 5.26 Å². The highest BCUT2D eigenvalue weighted by atomic mass is 127. The van der Waals surface area contributed by atoms with Crippen LogP contribution >= 0.6 is 35.7 Å². The number of nitrogens with two attached hydrogens (primary N) is 1. The number of thioether (sulfide) groups is 1. The highest BCUT2D eigenvalue weighted by Crippen LogP contribution is 2.36. The summed E-state index contributed by atoms with van der Waals surface area (Å²) in [6.45, 7) is 5.99. The number of nitrogen functional groups attached to an aromatic ring is 1. The number of nitrogens with one attached hydrogen (secondary N) is 2. The number of aliphatic imine (C=N–C) groups is 1. The van der Waals surface area contributed by atoms with Gasteiger partial charge in [-0.05, 0) is 57.4 Å². The van der Waals surface area contributed by atoms with Gasteiger partial charge in [-0.3, -0.25) is 4.99 Å². The van der Waals surface area contributed by atoms with Crippen LogP contribution in [-0.4, -0.2) is 46.4 Å². The molecule has 2 aromatic rings. The number of rotatable bonds is 7. The van der Waals surface area contributed by atoms with E-state index in [0.717, 1.165) is 36.9 Å². The van der Waals surface area contributed by atoms with E-state index in [1.807, 2.05) is 43.0 Å². The first kappa shape index (κ1) is 25.3. The molecule has 4 N–H and O–H groups in total. The molecule has 31 heavy (non-hydrogen) atoms. The van der Waals surface area contributed by atoms with Crippen LogP contribution in [0.5, 0.6) is 0 Å². The molecule has 0 spiro atoms. The molecule has 168 valence electrons. The molecule has 1 aromatic heterocycles. The molecule has 0 aliphatic carbocycles. The summed E-state index contributed by atoms with van der Waals surface area (Å²) >= 11 is 2.03. The van der Waals surface area contributed by atoms with Crippen molar-refractivity contribution in [1.82, 2.24) is 20.4 Å². The van der Waals surface area contributed by atoms with Gasteiger partial charge in [0.2, 0.25) is 0 Å². The monoisotopic (exact) mass is 553 g/mol. The molecule has 1 unspecified atom stereocenters. The third-order valence-electron chi connectivity index (χ3n) is 5.42. The Kier molecular flexibility index (Phi) is 9.50. The van der Waals surface area contributed by atoms with Gasteiger partial charge in [0.05, 0.1) is 11.4 Å². The Morgan fingerprint density at radius 1 is 1.35 bits per heavy atom. The number of hydrogen-bond acceptors (Lipinski definition) is 5. The van der Waals surface area contributed by atoms with Crippen LogP contribution in [0.2, 0.25) is 0 Å². The van der Waals surface area contributed by atoms with E-state index in [1.54, 1.807) is 11.7 Å². The quantitative estimate of drug-likeness (QED) is 0.210. The molecule has 7 nitrogen and oxygen atoms in total. The highest BCUT2D eigenvalue weighted by Gasteiger charge is 2.29. The molecule has 9 heteroatoms.